The lowest BCUT2D eigenvalue weighted by Crippen LogP contribution is -2.28. The SMILES string of the molecule is COc1ccccc1CN(C(C)=O)c1ccc(Cl)nc1Oc1ccccc1. The highest BCUT2D eigenvalue weighted by atomic mass is 35.5. The molecule has 0 N–H and O–H groups in total. The van der Waals surface area contributed by atoms with E-state index in [1.54, 1.807) is 24.1 Å². The predicted molar refractivity (Wildman–Crippen MR) is 106 cm³/mol. The van der Waals surface area contributed by atoms with Crippen molar-refractivity contribution in [2.75, 3.05) is 12.0 Å². The van der Waals surface area contributed by atoms with Gasteiger partial charge in [-0.15, -0.1) is 0 Å². The molecule has 2 aromatic carbocycles. The number of aromatic nitrogens is 1. The number of anilines is 1. The van der Waals surface area contributed by atoms with Crippen LogP contribution < -0.4 is 14.4 Å². The highest BCUT2D eigenvalue weighted by Crippen LogP contribution is 2.34. The molecule has 0 saturated carbocycles. The number of halogens is 1. The minimum atomic E-state index is -0.150. The number of rotatable bonds is 6. The molecule has 1 heterocycles. The van der Waals surface area contributed by atoms with E-state index in [-0.39, 0.29) is 16.9 Å². The van der Waals surface area contributed by atoms with Crippen LogP contribution in [0.4, 0.5) is 5.69 Å². The molecule has 0 aliphatic carbocycles. The normalized spacial score (nSPS) is 10.3. The van der Waals surface area contributed by atoms with E-state index >= 15 is 0 Å². The number of para-hydroxylation sites is 2. The number of carbonyl (C=O) groups excluding carboxylic acids is 1. The Morgan fingerprint density at radius 3 is 2.44 bits per heavy atom. The Morgan fingerprint density at radius 1 is 1.04 bits per heavy atom. The van der Waals surface area contributed by atoms with Gasteiger partial charge in [-0.3, -0.25) is 4.79 Å². The van der Waals surface area contributed by atoms with Gasteiger partial charge in [-0.1, -0.05) is 48.0 Å². The van der Waals surface area contributed by atoms with E-state index in [9.17, 15) is 4.79 Å². The molecule has 6 heteroatoms. The van der Waals surface area contributed by atoms with Gasteiger partial charge in [0.15, 0.2) is 0 Å². The van der Waals surface area contributed by atoms with E-state index in [1.165, 1.54) is 6.92 Å². The van der Waals surface area contributed by atoms with Gasteiger partial charge in [-0.25, -0.2) is 0 Å². The number of hydrogen-bond donors (Lipinski definition) is 0. The number of benzene rings is 2. The minimum Gasteiger partial charge on any atom is -0.496 e. The zero-order chi connectivity index (χ0) is 19.2. The molecule has 0 fully saturated rings. The number of nitrogens with zero attached hydrogens (tertiary/aromatic N) is 2. The molecule has 0 unspecified atom stereocenters. The highest BCUT2D eigenvalue weighted by Gasteiger charge is 2.20. The molecule has 0 spiro atoms. The van der Waals surface area contributed by atoms with Gasteiger partial charge in [0, 0.05) is 12.5 Å². The van der Waals surface area contributed by atoms with Crippen LogP contribution in [0.2, 0.25) is 5.15 Å². The second kappa shape index (κ2) is 8.56. The monoisotopic (exact) mass is 382 g/mol. The fourth-order valence-corrected chi connectivity index (χ4v) is 2.80. The molecule has 1 aromatic heterocycles. The molecule has 5 nitrogen and oxygen atoms in total. The van der Waals surface area contributed by atoms with Crippen LogP contribution >= 0.6 is 11.6 Å². The lowest BCUT2D eigenvalue weighted by molar-refractivity contribution is -0.116. The van der Waals surface area contributed by atoms with E-state index in [0.717, 1.165) is 5.56 Å². The molecule has 3 rings (SSSR count). The van der Waals surface area contributed by atoms with Crippen LogP contribution in [-0.2, 0) is 11.3 Å². The van der Waals surface area contributed by atoms with E-state index in [0.29, 0.717) is 23.7 Å². The summed E-state index contributed by atoms with van der Waals surface area (Å²) in [5, 5.41) is 0.283. The Bertz CT molecular complexity index is 932. The molecule has 3 aromatic rings. The first-order chi connectivity index (χ1) is 13.1. The molecule has 0 radical (unpaired) electrons. The Hall–Kier alpha value is -3.05. The van der Waals surface area contributed by atoms with Crippen molar-refractivity contribution < 1.29 is 14.3 Å². The van der Waals surface area contributed by atoms with Gasteiger partial charge in [-0.2, -0.15) is 4.98 Å². The van der Waals surface area contributed by atoms with Crippen LogP contribution in [0.1, 0.15) is 12.5 Å². The number of ether oxygens (including phenoxy) is 2. The van der Waals surface area contributed by atoms with Gasteiger partial charge in [0.25, 0.3) is 0 Å². The molecule has 0 saturated heterocycles. The van der Waals surface area contributed by atoms with Crippen molar-refractivity contribution in [3.8, 4) is 17.4 Å². The summed E-state index contributed by atoms with van der Waals surface area (Å²) in [6.07, 6.45) is 0. The number of methoxy groups -OCH3 is 1. The summed E-state index contributed by atoms with van der Waals surface area (Å²) in [5.41, 5.74) is 1.40. The number of carbonyl (C=O) groups is 1. The van der Waals surface area contributed by atoms with Crippen molar-refractivity contribution in [1.82, 2.24) is 4.98 Å². The maximum Gasteiger partial charge on any atom is 0.244 e. The average molecular weight is 383 g/mol. The molecule has 0 aliphatic heterocycles. The molecule has 0 aliphatic rings. The minimum absolute atomic E-state index is 0.150. The fraction of sp³-hybridized carbons (Fsp3) is 0.143. The summed E-state index contributed by atoms with van der Waals surface area (Å²) < 4.78 is 11.3. The van der Waals surface area contributed by atoms with Crippen molar-refractivity contribution >= 4 is 23.2 Å². The summed E-state index contributed by atoms with van der Waals surface area (Å²) >= 11 is 6.06. The van der Waals surface area contributed by atoms with Gasteiger partial charge in [0.2, 0.25) is 11.8 Å². The molecule has 27 heavy (non-hydrogen) atoms. The lowest BCUT2D eigenvalue weighted by atomic mass is 10.1. The van der Waals surface area contributed by atoms with Crippen molar-refractivity contribution in [1.29, 1.82) is 0 Å². The number of amides is 1. The van der Waals surface area contributed by atoms with Crippen molar-refractivity contribution in [3.63, 3.8) is 0 Å². The first-order valence-corrected chi connectivity index (χ1v) is 8.75. The number of pyridine rings is 1. The fourth-order valence-electron chi connectivity index (χ4n) is 2.66. The third-order valence-electron chi connectivity index (χ3n) is 3.96. The smallest absolute Gasteiger partial charge is 0.244 e. The van der Waals surface area contributed by atoms with Crippen molar-refractivity contribution in [2.45, 2.75) is 13.5 Å². The van der Waals surface area contributed by atoms with Crippen LogP contribution in [0.25, 0.3) is 0 Å². The zero-order valence-electron chi connectivity index (χ0n) is 15.1. The molecule has 0 atom stereocenters. The van der Waals surface area contributed by atoms with Crippen LogP contribution in [0, 0.1) is 0 Å². The first-order valence-electron chi connectivity index (χ1n) is 8.38. The first kappa shape index (κ1) is 18.7. The second-order valence-electron chi connectivity index (χ2n) is 5.79. The Morgan fingerprint density at radius 2 is 1.74 bits per heavy atom. The van der Waals surface area contributed by atoms with Crippen molar-refractivity contribution in [3.05, 3.63) is 77.4 Å². The van der Waals surface area contributed by atoms with Crippen molar-refractivity contribution in [2.24, 2.45) is 0 Å². The third-order valence-corrected chi connectivity index (χ3v) is 4.17. The van der Waals surface area contributed by atoms with Gasteiger partial charge in [0.05, 0.1) is 13.7 Å². The topological polar surface area (TPSA) is 51.7 Å². The summed E-state index contributed by atoms with van der Waals surface area (Å²) in [6, 6.07) is 20.1. The quantitative estimate of drug-likeness (QED) is 0.557. The van der Waals surface area contributed by atoms with Crippen LogP contribution in [0.15, 0.2) is 66.7 Å². The van der Waals surface area contributed by atoms with E-state index in [2.05, 4.69) is 4.98 Å². The largest absolute Gasteiger partial charge is 0.496 e. The molecule has 0 bridgehead atoms. The van der Waals surface area contributed by atoms with Gasteiger partial charge >= 0.3 is 0 Å². The average Bonchev–Trinajstić information content (AvgIpc) is 2.67. The zero-order valence-corrected chi connectivity index (χ0v) is 15.8. The molecule has 1 amide bonds. The maximum absolute atomic E-state index is 12.4. The molecular weight excluding hydrogens is 364 g/mol. The summed E-state index contributed by atoms with van der Waals surface area (Å²) in [5.74, 6) is 1.42. The summed E-state index contributed by atoms with van der Waals surface area (Å²) in [6.45, 7) is 1.81. The van der Waals surface area contributed by atoms with E-state index < -0.39 is 0 Å². The Balaban J connectivity index is 1.99. The van der Waals surface area contributed by atoms with Gasteiger partial charge in [0.1, 0.15) is 22.3 Å². The predicted octanol–water partition coefficient (Wildman–Crippen LogP) is 5.09. The summed E-state index contributed by atoms with van der Waals surface area (Å²) in [7, 11) is 1.60. The molecular formula is C21H19ClN2O3. The van der Waals surface area contributed by atoms with Crippen LogP contribution in [0.5, 0.6) is 17.4 Å². The molecule has 138 valence electrons. The van der Waals surface area contributed by atoms with Crippen LogP contribution in [0.3, 0.4) is 0 Å². The van der Waals surface area contributed by atoms with Gasteiger partial charge in [-0.05, 0) is 30.3 Å². The standard InChI is InChI=1S/C21H19ClN2O3/c1-15(25)24(14-16-8-6-7-11-19(16)26-2)18-12-13-20(22)23-21(18)27-17-9-4-3-5-10-17/h3-13H,14H2,1-2H3. The summed E-state index contributed by atoms with van der Waals surface area (Å²) in [4.78, 5) is 18.3. The second-order valence-corrected chi connectivity index (χ2v) is 6.18. The Labute approximate surface area is 163 Å². The maximum atomic E-state index is 12.4. The third kappa shape index (κ3) is 4.57. The van der Waals surface area contributed by atoms with Gasteiger partial charge < -0.3 is 14.4 Å². The number of hydrogen-bond acceptors (Lipinski definition) is 4. The van der Waals surface area contributed by atoms with E-state index in [4.69, 9.17) is 21.1 Å². The highest BCUT2D eigenvalue weighted by molar-refractivity contribution is 6.29. The van der Waals surface area contributed by atoms with Crippen LogP contribution in [-0.4, -0.2) is 18.0 Å². The Kier molecular flexibility index (Phi) is 5.94. The lowest BCUT2D eigenvalue weighted by Gasteiger charge is -2.24. The van der Waals surface area contributed by atoms with E-state index in [1.807, 2.05) is 54.6 Å².